The third-order valence-electron chi connectivity index (χ3n) is 3.01. The number of carbonyl (C=O) groups excluding carboxylic acids is 2. The monoisotopic (exact) mass is 412 g/mol. The SMILES string of the molecule is COc1ccccc1C(=O)COC(=O)COc1ccc(Br)cc1Cl. The van der Waals surface area contributed by atoms with Gasteiger partial charge >= 0.3 is 5.97 Å². The molecule has 0 radical (unpaired) electrons. The van der Waals surface area contributed by atoms with Gasteiger partial charge in [0.1, 0.15) is 11.5 Å². The van der Waals surface area contributed by atoms with Crippen molar-refractivity contribution in [3.8, 4) is 11.5 Å². The maximum absolute atomic E-state index is 12.1. The van der Waals surface area contributed by atoms with Gasteiger partial charge in [-0.3, -0.25) is 4.79 Å². The Balaban J connectivity index is 1.85. The number of benzene rings is 2. The number of ether oxygens (including phenoxy) is 3. The Labute approximate surface area is 152 Å². The second-order valence-electron chi connectivity index (χ2n) is 4.65. The number of ketones is 1. The van der Waals surface area contributed by atoms with Crippen molar-refractivity contribution in [2.75, 3.05) is 20.3 Å². The van der Waals surface area contributed by atoms with Gasteiger partial charge in [0.15, 0.2) is 13.2 Å². The van der Waals surface area contributed by atoms with Crippen molar-refractivity contribution < 1.29 is 23.8 Å². The van der Waals surface area contributed by atoms with Gasteiger partial charge in [-0.15, -0.1) is 0 Å². The molecule has 24 heavy (non-hydrogen) atoms. The highest BCUT2D eigenvalue weighted by Crippen LogP contribution is 2.27. The molecule has 0 unspecified atom stereocenters. The number of esters is 1. The number of hydrogen-bond donors (Lipinski definition) is 0. The molecule has 0 N–H and O–H groups in total. The molecule has 0 aliphatic rings. The van der Waals surface area contributed by atoms with Crippen molar-refractivity contribution >= 4 is 39.3 Å². The Morgan fingerprint density at radius 2 is 1.83 bits per heavy atom. The van der Waals surface area contributed by atoms with Crippen molar-refractivity contribution in [1.82, 2.24) is 0 Å². The molecular formula is C17H14BrClO5. The van der Waals surface area contributed by atoms with Gasteiger partial charge in [0.2, 0.25) is 5.78 Å². The smallest absolute Gasteiger partial charge is 0.344 e. The summed E-state index contributed by atoms with van der Waals surface area (Å²) in [4.78, 5) is 23.8. The normalized spacial score (nSPS) is 10.1. The molecule has 0 aliphatic heterocycles. The van der Waals surface area contributed by atoms with Crippen LogP contribution in [0, 0.1) is 0 Å². The first-order valence-corrected chi connectivity index (χ1v) is 8.08. The lowest BCUT2D eigenvalue weighted by atomic mass is 10.1. The average Bonchev–Trinajstić information content (AvgIpc) is 2.58. The standard InChI is InChI=1S/C17H14BrClO5/c1-22-15-5-3-2-4-12(15)14(20)9-24-17(21)10-23-16-7-6-11(18)8-13(16)19/h2-8H,9-10H2,1H3. The Morgan fingerprint density at radius 3 is 2.54 bits per heavy atom. The van der Waals surface area contributed by atoms with Crippen LogP contribution in [-0.2, 0) is 9.53 Å². The highest BCUT2D eigenvalue weighted by atomic mass is 79.9. The Kier molecular flexibility index (Phi) is 6.63. The minimum Gasteiger partial charge on any atom is -0.496 e. The molecule has 5 nitrogen and oxygen atoms in total. The summed E-state index contributed by atoms with van der Waals surface area (Å²) in [6, 6.07) is 11.7. The van der Waals surface area contributed by atoms with Crippen LogP contribution in [0.1, 0.15) is 10.4 Å². The summed E-state index contributed by atoms with van der Waals surface area (Å²) >= 11 is 9.25. The molecule has 0 saturated heterocycles. The number of halogens is 2. The third kappa shape index (κ3) is 4.97. The molecular weight excluding hydrogens is 400 g/mol. The summed E-state index contributed by atoms with van der Waals surface area (Å²) in [5.41, 5.74) is 0.352. The fourth-order valence-corrected chi connectivity index (χ4v) is 2.60. The molecule has 2 aromatic rings. The van der Waals surface area contributed by atoms with E-state index < -0.39 is 12.6 Å². The Bertz CT molecular complexity index is 748. The van der Waals surface area contributed by atoms with Gasteiger partial charge in [-0.2, -0.15) is 0 Å². The molecule has 2 rings (SSSR count). The Hall–Kier alpha value is -2.05. The zero-order chi connectivity index (χ0) is 17.5. The van der Waals surface area contributed by atoms with Crippen LogP contribution in [0.4, 0.5) is 0 Å². The first-order valence-electron chi connectivity index (χ1n) is 6.91. The van der Waals surface area contributed by atoms with Crippen LogP contribution in [0.15, 0.2) is 46.9 Å². The molecule has 126 valence electrons. The van der Waals surface area contributed by atoms with Gasteiger partial charge in [-0.05, 0) is 30.3 Å². The maximum atomic E-state index is 12.1. The van der Waals surface area contributed by atoms with E-state index in [2.05, 4.69) is 15.9 Å². The maximum Gasteiger partial charge on any atom is 0.344 e. The van der Waals surface area contributed by atoms with E-state index in [4.69, 9.17) is 25.8 Å². The van der Waals surface area contributed by atoms with Crippen LogP contribution in [0.2, 0.25) is 5.02 Å². The van der Waals surface area contributed by atoms with E-state index in [1.165, 1.54) is 7.11 Å². The number of hydrogen-bond acceptors (Lipinski definition) is 5. The molecule has 0 aliphatic carbocycles. The molecule has 0 saturated carbocycles. The van der Waals surface area contributed by atoms with Crippen LogP contribution in [0.25, 0.3) is 0 Å². The van der Waals surface area contributed by atoms with Gasteiger partial charge in [0, 0.05) is 4.47 Å². The lowest BCUT2D eigenvalue weighted by Crippen LogP contribution is -2.20. The quantitative estimate of drug-likeness (QED) is 0.509. The zero-order valence-corrected chi connectivity index (χ0v) is 15.1. The van der Waals surface area contributed by atoms with Crippen molar-refractivity contribution in [2.45, 2.75) is 0 Å². The number of carbonyl (C=O) groups is 2. The van der Waals surface area contributed by atoms with Crippen molar-refractivity contribution in [3.63, 3.8) is 0 Å². The summed E-state index contributed by atoms with van der Waals surface area (Å²) in [7, 11) is 1.47. The molecule has 0 atom stereocenters. The van der Waals surface area contributed by atoms with Gasteiger partial charge in [0.05, 0.1) is 17.7 Å². The second kappa shape index (κ2) is 8.70. The molecule has 7 heteroatoms. The largest absolute Gasteiger partial charge is 0.496 e. The number of para-hydroxylation sites is 1. The predicted molar refractivity (Wildman–Crippen MR) is 92.9 cm³/mol. The van der Waals surface area contributed by atoms with E-state index in [1.807, 2.05) is 0 Å². The molecule has 0 bridgehead atoms. The highest BCUT2D eigenvalue weighted by molar-refractivity contribution is 9.10. The van der Waals surface area contributed by atoms with E-state index in [1.54, 1.807) is 42.5 Å². The van der Waals surface area contributed by atoms with E-state index in [0.29, 0.717) is 22.1 Å². The second-order valence-corrected chi connectivity index (χ2v) is 5.97. The van der Waals surface area contributed by atoms with E-state index in [0.717, 1.165) is 4.47 Å². The first-order chi connectivity index (χ1) is 11.5. The topological polar surface area (TPSA) is 61.8 Å². The Morgan fingerprint density at radius 1 is 1.08 bits per heavy atom. The van der Waals surface area contributed by atoms with E-state index in [9.17, 15) is 9.59 Å². The van der Waals surface area contributed by atoms with Gasteiger partial charge < -0.3 is 14.2 Å². The highest BCUT2D eigenvalue weighted by Gasteiger charge is 2.14. The van der Waals surface area contributed by atoms with Gasteiger partial charge in [-0.1, -0.05) is 39.7 Å². The predicted octanol–water partition coefficient (Wildman–Crippen LogP) is 3.92. The molecule has 0 fully saturated rings. The van der Waals surface area contributed by atoms with E-state index in [-0.39, 0.29) is 12.4 Å². The van der Waals surface area contributed by atoms with Crippen LogP contribution >= 0.6 is 27.5 Å². The molecule has 2 aromatic carbocycles. The zero-order valence-electron chi connectivity index (χ0n) is 12.8. The number of Topliss-reactive ketones (excluding diaryl/α,β-unsaturated/α-hetero) is 1. The number of rotatable bonds is 7. The summed E-state index contributed by atoms with van der Waals surface area (Å²) in [6.45, 7) is -0.739. The van der Waals surface area contributed by atoms with Crippen LogP contribution in [0.5, 0.6) is 11.5 Å². The van der Waals surface area contributed by atoms with Gasteiger partial charge in [-0.25, -0.2) is 4.79 Å². The molecule has 0 amide bonds. The molecule has 0 spiro atoms. The van der Waals surface area contributed by atoms with Crippen LogP contribution in [-0.4, -0.2) is 32.1 Å². The molecule has 0 aromatic heterocycles. The third-order valence-corrected chi connectivity index (χ3v) is 3.80. The van der Waals surface area contributed by atoms with Crippen LogP contribution in [0.3, 0.4) is 0 Å². The summed E-state index contributed by atoms with van der Waals surface area (Å²) in [5.74, 6) is -0.246. The summed E-state index contributed by atoms with van der Waals surface area (Å²) in [5, 5.41) is 0.363. The summed E-state index contributed by atoms with van der Waals surface area (Å²) in [6.07, 6.45) is 0. The van der Waals surface area contributed by atoms with E-state index >= 15 is 0 Å². The number of methoxy groups -OCH3 is 1. The minimum atomic E-state index is -0.669. The minimum absolute atomic E-state index is 0.347. The lowest BCUT2D eigenvalue weighted by molar-refractivity contribution is -0.144. The fourth-order valence-electron chi connectivity index (χ4n) is 1.87. The average molecular weight is 414 g/mol. The van der Waals surface area contributed by atoms with Crippen molar-refractivity contribution in [3.05, 3.63) is 57.5 Å². The first kappa shape index (κ1) is 18.3. The molecule has 0 heterocycles. The van der Waals surface area contributed by atoms with Crippen LogP contribution < -0.4 is 9.47 Å². The van der Waals surface area contributed by atoms with Crippen molar-refractivity contribution in [1.29, 1.82) is 0 Å². The lowest BCUT2D eigenvalue weighted by Gasteiger charge is -2.09. The van der Waals surface area contributed by atoms with Gasteiger partial charge in [0.25, 0.3) is 0 Å². The summed E-state index contributed by atoms with van der Waals surface area (Å²) < 4.78 is 16.1. The van der Waals surface area contributed by atoms with Crippen molar-refractivity contribution in [2.24, 2.45) is 0 Å². The fraction of sp³-hybridized carbons (Fsp3) is 0.176.